The van der Waals surface area contributed by atoms with Crippen LogP contribution in [-0.4, -0.2) is 31.3 Å². The minimum atomic E-state index is 0.137. The van der Waals surface area contributed by atoms with Gasteiger partial charge in [0.1, 0.15) is 0 Å². The zero-order valence-corrected chi connectivity index (χ0v) is 10.9. The van der Waals surface area contributed by atoms with Crippen molar-refractivity contribution in [1.29, 1.82) is 0 Å². The average molecular weight is 255 g/mol. The first-order valence-corrected chi connectivity index (χ1v) is 6.42. The molecule has 17 heavy (non-hydrogen) atoms. The summed E-state index contributed by atoms with van der Waals surface area (Å²) in [6, 6.07) is 6.82. The molecule has 1 aromatic carbocycles. The first-order chi connectivity index (χ1) is 8.20. The molecule has 0 spiro atoms. The molecule has 0 aromatic heterocycles. The van der Waals surface area contributed by atoms with Crippen LogP contribution in [0.1, 0.15) is 18.4 Å². The molecule has 4 heteroatoms. The molecular weight excluding hydrogens is 236 g/mol. The molecule has 0 heterocycles. The Labute approximate surface area is 107 Å². The fraction of sp³-hybridized carbons (Fsp3) is 0.538. The summed E-state index contributed by atoms with van der Waals surface area (Å²) in [7, 11) is 1.93. The molecular formula is C13H19ClN2O. The van der Waals surface area contributed by atoms with E-state index >= 15 is 0 Å². The number of halogens is 1. The molecule has 1 aliphatic carbocycles. The first kappa shape index (κ1) is 12.7. The maximum absolute atomic E-state index is 8.90. The van der Waals surface area contributed by atoms with Gasteiger partial charge in [-0.2, -0.15) is 0 Å². The number of rotatable bonds is 6. The Balaban J connectivity index is 1.99. The third-order valence-corrected chi connectivity index (χ3v) is 3.33. The summed E-state index contributed by atoms with van der Waals surface area (Å²) < 4.78 is 0. The average Bonchev–Trinajstić information content (AvgIpc) is 3.10. The molecule has 1 saturated carbocycles. The second-order valence-electron chi connectivity index (χ2n) is 4.59. The fourth-order valence-corrected chi connectivity index (χ4v) is 2.14. The van der Waals surface area contributed by atoms with E-state index in [1.54, 1.807) is 0 Å². The van der Waals surface area contributed by atoms with Crippen LogP contribution >= 0.6 is 11.6 Å². The van der Waals surface area contributed by atoms with Crippen molar-refractivity contribution >= 4 is 17.3 Å². The molecule has 1 fully saturated rings. The molecule has 0 radical (unpaired) electrons. The maximum atomic E-state index is 8.90. The number of aliphatic hydroxyl groups is 1. The number of likely N-dealkylation sites (N-methyl/N-ethyl adjacent to an activating group) is 1. The maximum Gasteiger partial charge on any atom is 0.0642 e. The lowest BCUT2D eigenvalue weighted by Crippen LogP contribution is -2.21. The summed E-state index contributed by atoms with van der Waals surface area (Å²) in [6.45, 7) is 1.62. The van der Waals surface area contributed by atoms with Crippen molar-refractivity contribution in [3.8, 4) is 0 Å². The van der Waals surface area contributed by atoms with Gasteiger partial charge < -0.3 is 15.3 Å². The lowest BCUT2D eigenvalue weighted by Gasteiger charge is -2.19. The van der Waals surface area contributed by atoms with Gasteiger partial charge in [-0.25, -0.2) is 0 Å². The Bertz CT molecular complexity index is 380. The Morgan fingerprint density at radius 2 is 2.24 bits per heavy atom. The highest BCUT2D eigenvalue weighted by Crippen LogP contribution is 2.26. The number of nitrogens with zero attached hydrogens (tertiary/aromatic N) is 1. The Morgan fingerprint density at radius 3 is 2.82 bits per heavy atom. The summed E-state index contributed by atoms with van der Waals surface area (Å²) >= 11 is 6.24. The van der Waals surface area contributed by atoms with Gasteiger partial charge in [0, 0.05) is 26.2 Å². The third kappa shape index (κ3) is 3.60. The van der Waals surface area contributed by atoms with Crippen molar-refractivity contribution in [2.24, 2.45) is 0 Å². The summed E-state index contributed by atoms with van der Waals surface area (Å²) in [6.07, 6.45) is 2.59. The van der Waals surface area contributed by atoms with Crippen molar-refractivity contribution in [3.05, 3.63) is 28.8 Å². The molecule has 0 unspecified atom stereocenters. The third-order valence-electron chi connectivity index (χ3n) is 3.03. The summed E-state index contributed by atoms with van der Waals surface area (Å²) in [4.78, 5) is 1.96. The molecule has 1 aliphatic rings. The molecule has 2 N–H and O–H groups in total. The van der Waals surface area contributed by atoms with Gasteiger partial charge in [-0.3, -0.25) is 0 Å². The van der Waals surface area contributed by atoms with Crippen molar-refractivity contribution in [1.82, 2.24) is 5.32 Å². The summed E-state index contributed by atoms with van der Waals surface area (Å²) in [5.74, 6) is 0. The Morgan fingerprint density at radius 1 is 1.47 bits per heavy atom. The number of benzene rings is 1. The second kappa shape index (κ2) is 5.71. The number of hydrogen-bond acceptors (Lipinski definition) is 3. The molecule has 94 valence electrons. The molecule has 0 saturated heterocycles. The zero-order valence-electron chi connectivity index (χ0n) is 10.1. The van der Waals surface area contributed by atoms with E-state index in [9.17, 15) is 0 Å². The van der Waals surface area contributed by atoms with Crippen LogP contribution in [0, 0.1) is 0 Å². The van der Waals surface area contributed by atoms with Gasteiger partial charge in [-0.15, -0.1) is 0 Å². The Kier molecular flexibility index (Phi) is 4.26. The molecule has 0 amide bonds. The highest BCUT2D eigenvalue weighted by molar-refractivity contribution is 6.33. The van der Waals surface area contributed by atoms with Gasteiger partial charge >= 0.3 is 0 Å². The van der Waals surface area contributed by atoms with Crippen LogP contribution < -0.4 is 10.2 Å². The lowest BCUT2D eigenvalue weighted by molar-refractivity contribution is 0.304. The number of aliphatic hydroxyl groups excluding tert-OH is 1. The topological polar surface area (TPSA) is 35.5 Å². The number of nitrogens with one attached hydrogen (secondary N) is 1. The smallest absolute Gasteiger partial charge is 0.0642 e. The van der Waals surface area contributed by atoms with Gasteiger partial charge in [0.05, 0.1) is 17.3 Å². The predicted molar refractivity (Wildman–Crippen MR) is 71.7 cm³/mol. The predicted octanol–water partition coefficient (Wildman–Crippen LogP) is 2.02. The van der Waals surface area contributed by atoms with E-state index in [0.29, 0.717) is 12.6 Å². The lowest BCUT2D eigenvalue weighted by atomic mass is 10.2. The van der Waals surface area contributed by atoms with E-state index in [1.807, 2.05) is 24.1 Å². The van der Waals surface area contributed by atoms with Gasteiger partial charge in [-0.1, -0.05) is 17.7 Å². The normalized spacial score (nSPS) is 15.0. The van der Waals surface area contributed by atoms with Crippen molar-refractivity contribution in [3.63, 3.8) is 0 Å². The van der Waals surface area contributed by atoms with Gasteiger partial charge in [0.2, 0.25) is 0 Å². The molecule has 3 nitrogen and oxygen atoms in total. The largest absolute Gasteiger partial charge is 0.395 e. The molecule has 2 rings (SSSR count). The fourth-order valence-electron chi connectivity index (χ4n) is 1.79. The van der Waals surface area contributed by atoms with Gasteiger partial charge in [-0.05, 0) is 30.5 Å². The van der Waals surface area contributed by atoms with Crippen LogP contribution in [0.3, 0.4) is 0 Å². The quantitative estimate of drug-likeness (QED) is 0.815. The standard InChI is InChI=1S/C13H19ClN2O/c1-16(6-7-17)13-5-2-10(8-12(13)14)9-15-11-3-4-11/h2,5,8,11,15,17H,3-4,6-7,9H2,1H3. The number of anilines is 1. The van der Waals surface area contributed by atoms with Gasteiger partial charge in [0.25, 0.3) is 0 Å². The van der Waals surface area contributed by atoms with Crippen LogP contribution in [0.5, 0.6) is 0 Å². The van der Waals surface area contributed by atoms with E-state index < -0.39 is 0 Å². The summed E-state index contributed by atoms with van der Waals surface area (Å²) in [5, 5.41) is 13.1. The second-order valence-corrected chi connectivity index (χ2v) is 4.99. The minimum Gasteiger partial charge on any atom is -0.395 e. The molecule has 0 atom stereocenters. The molecule has 0 aliphatic heterocycles. The van der Waals surface area contributed by atoms with Crippen LogP contribution in [0.25, 0.3) is 0 Å². The molecule has 0 bridgehead atoms. The van der Waals surface area contributed by atoms with E-state index in [1.165, 1.54) is 18.4 Å². The summed E-state index contributed by atoms with van der Waals surface area (Å²) in [5.41, 5.74) is 2.18. The SMILES string of the molecule is CN(CCO)c1ccc(CNC2CC2)cc1Cl. The van der Waals surface area contributed by atoms with Crippen molar-refractivity contribution in [2.45, 2.75) is 25.4 Å². The monoisotopic (exact) mass is 254 g/mol. The number of hydrogen-bond donors (Lipinski definition) is 2. The van der Waals surface area contributed by atoms with Crippen molar-refractivity contribution in [2.75, 3.05) is 25.1 Å². The van der Waals surface area contributed by atoms with E-state index in [2.05, 4.69) is 11.4 Å². The van der Waals surface area contributed by atoms with E-state index in [-0.39, 0.29) is 6.61 Å². The van der Waals surface area contributed by atoms with E-state index in [0.717, 1.165) is 17.3 Å². The van der Waals surface area contributed by atoms with E-state index in [4.69, 9.17) is 16.7 Å². The zero-order chi connectivity index (χ0) is 12.3. The van der Waals surface area contributed by atoms with Crippen LogP contribution in [0.4, 0.5) is 5.69 Å². The van der Waals surface area contributed by atoms with Gasteiger partial charge in [0.15, 0.2) is 0 Å². The first-order valence-electron chi connectivity index (χ1n) is 6.04. The van der Waals surface area contributed by atoms with Crippen molar-refractivity contribution < 1.29 is 5.11 Å². The van der Waals surface area contributed by atoms with Crippen LogP contribution in [-0.2, 0) is 6.54 Å². The highest BCUT2D eigenvalue weighted by Gasteiger charge is 2.20. The Hall–Kier alpha value is -0.770. The van der Waals surface area contributed by atoms with Crippen LogP contribution in [0.2, 0.25) is 5.02 Å². The minimum absolute atomic E-state index is 0.137. The van der Waals surface area contributed by atoms with Crippen LogP contribution in [0.15, 0.2) is 18.2 Å². The highest BCUT2D eigenvalue weighted by atomic mass is 35.5. The molecule has 1 aromatic rings.